The van der Waals surface area contributed by atoms with Crippen LogP contribution in [0.2, 0.25) is 0 Å². The van der Waals surface area contributed by atoms with Crippen LogP contribution in [0.4, 0.5) is 0 Å². The van der Waals surface area contributed by atoms with Gasteiger partial charge in [-0.25, -0.2) is 4.98 Å². The summed E-state index contributed by atoms with van der Waals surface area (Å²) in [6, 6.07) is 4.00. The Bertz CT molecular complexity index is 499. The van der Waals surface area contributed by atoms with E-state index >= 15 is 0 Å². The van der Waals surface area contributed by atoms with E-state index in [1.54, 1.807) is 12.5 Å². The van der Waals surface area contributed by atoms with Crippen molar-refractivity contribution >= 4 is 0 Å². The number of aryl methyl sites for hydroxylation is 2. The van der Waals surface area contributed by atoms with Crippen LogP contribution < -0.4 is 5.73 Å². The molecule has 0 aliphatic rings. The molecule has 1 unspecified atom stereocenters. The second kappa shape index (κ2) is 4.06. The molecule has 16 heavy (non-hydrogen) atoms. The Labute approximate surface area is 95.1 Å². The summed E-state index contributed by atoms with van der Waals surface area (Å²) >= 11 is 0. The summed E-state index contributed by atoms with van der Waals surface area (Å²) in [5, 5.41) is 0. The van der Waals surface area contributed by atoms with Gasteiger partial charge in [-0.3, -0.25) is 9.55 Å². The zero-order valence-corrected chi connectivity index (χ0v) is 9.81. The molecule has 84 valence electrons. The lowest BCUT2D eigenvalue weighted by Crippen LogP contribution is -2.11. The third kappa shape index (κ3) is 1.84. The molecule has 0 aliphatic heterocycles. The van der Waals surface area contributed by atoms with Crippen LogP contribution in [0, 0.1) is 13.8 Å². The molecule has 1 atom stereocenters. The second-order valence-electron chi connectivity index (χ2n) is 4.03. The van der Waals surface area contributed by atoms with Crippen LogP contribution in [0.1, 0.15) is 30.0 Å². The first-order valence-corrected chi connectivity index (χ1v) is 5.32. The molecule has 2 rings (SSSR count). The summed E-state index contributed by atoms with van der Waals surface area (Å²) < 4.78 is 1.99. The maximum Gasteiger partial charge on any atom is 0.0995 e. The number of imidazole rings is 1. The van der Waals surface area contributed by atoms with E-state index in [-0.39, 0.29) is 6.04 Å². The minimum absolute atomic E-state index is 0.0387. The summed E-state index contributed by atoms with van der Waals surface area (Å²) in [6.07, 6.45) is 3.57. The van der Waals surface area contributed by atoms with Crippen molar-refractivity contribution in [2.75, 3.05) is 0 Å². The van der Waals surface area contributed by atoms with Gasteiger partial charge in [0.05, 0.1) is 29.6 Å². The van der Waals surface area contributed by atoms with Crippen molar-refractivity contribution in [2.24, 2.45) is 5.73 Å². The van der Waals surface area contributed by atoms with Gasteiger partial charge in [0.1, 0.15) is 0 Å². The van der Waals surface area contributed by atoms with Crippen molar-refractivity contribution in [3.63, 3.8) is 0 Å². The average Bonchev–Trinajstić information content (AvgIpc) is 2.66. The SMILES string of the molecule is Cc1ccc(-n2cncc2C(C)N)c(C)n1. The minimum atomic E-state index is -0.0387. The van der Waals surface area contributed by atoms with E-state index in [2.05, 4.69) is 9.97 Å². The van der Waals surface area contributed by atoms with Gasteiger partial charge in [-0.2, -0.15) is 0 Å². The Kier molecular flexibility index (Phi) is 2.75. The van der Waals surface area contributed by atoms with Crippen molar-refractivity contribution in [3.8, 4) is 5.69 Å². The zero-order chi connectivity index (χ0) is 11.7. The van der Waals surface area contributed by atoms with E-state index in [4.69, 9.17) is 5.73 Å². The highest BCUT2D eigenvalue weighted by Crippen LogP contribution is 2.18. The summed E-state index contributed by atoms with van der Waals surface area (Å²) in [5.74, 6) is 0. The van der Waals surface area contributed by atoms with Crippen LogP contribution in [0.15, 0.2) is 24.7 Å². The fourth-order valence-corrected chi connectivity index (χ4v) is 1.78. The van der Waals surface area contributed by atoms with Gasteiger partial charge in [-0.15, -0.1) is 0 Å². The van der Waals surface area contributed by atoms with E-state index in [0.717, 1.165) is 22.8 Å². The Morgan fingerprint density at radius 2 is 2.06 bits per heavy atom. The highest BCUT2D eigenvalue weighted by atomic mass is 15.1. The highest BCUT2D eigenvalue weighted by molar-refractivity contribution is 5.38. The van der Waals surface area contributed by atoms with E-state index in [1.165, 1.54) is 0 Å². The van der Waals surface area contributed by atoms with Gasteiger partial charge in [0.2, 0.25) is 0 Å². The van der Waals surface area contributed by atoms with Crippen LogP contribution in [-0.4, -0.2) is 14.5 Å². The predicted octanol–water partition coefficient (Wildman–Crippen LogP) is 1.90. The van der Waals surface area contributed by atoms with Gasteiger partial charge in [0, 0.05) is 11.7 Å². The van der Waals surface area contributed by atoms with Crippen molar-refractivity contribution < 1.29 is 0 Å². The number of pyridine rings is 1. The topological polar surface area (TPSA) is 56.7 Å². The molecule has 0 amide bonds. The number of nitrogens with zero attached hydrogens (tertiary/aromatic N) is 3. The molecule has 2 aromatic rings. The fraction of sp³-hybridized carbons (Fsp3) is 0.333. The first-order valence-electron chi connectivity index (χ1n) is 5.32. The Hall–Kier alpha value is -1.68. The lowest BCUT2D eigenvalue weighted by atomic mass is 10.2. The quantitative estimate of drug-likeness (QED) is 0.834. The molecule has 2 heterocycles. The van der Waals surface area contributed by atoms with E-state index < -0.39 is 0 Å². The van der Waals surface area contributed by atoms with Gasteiger partial charge in [-0.05, 0) is 32.9 Å². The Balaban J connectivity index is 2.54. The summed E-state index contributed by atoms with van der Waals surface area (Å²) in [5.41, 5.74) is 9.93. The van der Waals surface area contributed by atoms with Crippen LogP contribution in [0.5, 0.6) is 0 Å². The third-order valence-corrected chi connectivity index (χ3v) is 2.59. The normalized spacial score (nSPS) is 12.8. The number of hydrogen-bond donors (Lipinski definition) is 1. The number of nitrogens with two attached hydrogens (primary N) is 1. The lowest BCUT2D eigenvalue weighted by Gasteiger charge is -2.12. The maximum atomic E-state index is 5.90. The molecule has 4 nitrogen and oxygen atoms in total. The van der Waals surface area contributed by atoms with Crippen LogP contribution >= 0.6 is 0 Å². The molecular formula is C12H16N4. The first-order chi connectivity index (χ1) is 7.59. The summed E-state index contributed by atoms with van der Waals surface area (Å²) in [6.45, 7) is 5.93. The molecule has 0 aliphatic carbocycles. The standard InChI is InChI=1S/C12H16N4/c1-8-4-5-11(10(3)15-8)16-7-14-6-12(16)9(2)13/h4-7,9H,13H2,1-3H3. The molecule has 2 aromatic heterocycles. The van der Waals surface area contributed by atoms with Crippen molar-refractivity contribution in [2.45, 2.75) is 26.8 Å². The largest absolute Gasteiger partial charge is 0.323 e. The van der Waals surface area contributed by atoms with Gasteiger partial charge in [0.15, 0.2) is 0 Å². The molecule has 0 radical (unpaired) electrons. The van der Waals surface area contributed by atoms with Crippen molar-refractivity contribution in [3.05, 3.63) is 41.7 Å². The lowest BCUT2D eigenvalue weighted by molar-refractivity contribution is 0.749. The molecule has 0 spiro atoms. The average molecular weight is 216 g/mol. The molecular weight excluding hydrogens is 200 g/mol. The number of rotatable bonds is 2. The monoisotopic (exact) mass is 216 g/mol. The molecule has 0 saturated heterocycles. The highest BCUT2D eigenvalue weighted by Gasteiger charge is 2.10. The van der Waals surface area contributed by atoms with E-state index in [1.807, 2.05) is 37.5 Å². The molecule has 0 bridgehead atoms. The number of aromatic nitrogens is 3. The Morgan fingerprint density at radius 1 is 1.31 bits per heavy atom. The van der Waals surface area contributed by atoms with Crippen LogP contribution in [0.3, 0.4) is 0 Å². The smallest absolute Gasteiger partial charge is 0.0995 e. The fourth-order valence-electron chi connectivity index (χ4n) is 1.78. The van der Waals surface area contributed by atoms with Crippen LogP contribution in [0.25, 0.3) is 5.69 Å². The third-order valence-electron chi connectivity index (χ3n) is 2.59. The summed E-state index contributed by atoms with van der Waals surface area (Å²) in [7, 11) is 0. The molecule has 0 aromatic carbocycles. The predicted molar refractivity (Wildman–Crippen MR) is 63.4 cm³/mol. The van der Waals surface area contributed by atoms with Gasteiger partial charge >= 0.3 is 0 Å². The molecule has 2 N–H and O–H groups in total. The van der Waals surface area contributed by atoms with E-state index in [0.29, 0.717) is 0 Å². The van der Waals surface area contributed by atoms with E-state index in [9.17, 15) is 0 Å². The minimum Gasteiger partial charge on any atom is -0.323 e. The van der Waals surface area contributed by atoms with Gasteiger partial charge in [-0.1, -0.05) is 0 Å². The molecule has 4 heteroatoms. The number of hydrogen-bond acceptors (Lipinski definition) is 3. The second-order valence-corrected chi connectivity index (χ2v) is 4.03. The van der Waals surface area contributed by atoms with Gasteiger partial charge < -0.3 is 5.73 Å². The zero-order valence-electron chi connectivity index (χ0n) is 9.81. The first kappa shape index (κ1) is 10.8. The van der Waals surface area contributed by atoms with Crippen molar-refractivity contribution in [1.29, 1.82) is 0 Å². The van der Waals surface area contributed by atoms with Crippen LogP contribution in [-0.2, 0) is 0 Å². The van der Waals surface area contributed by atoms with Crippen molar-refractivity contribution in [1.82, 2.24) is 14.5 Å². The Morgan fingerprint density at radius 3 is 2.69 bits per heavy atom. The van der Waals surface area contributed by atoms with Gasteiger partial charge in [0.25, 0.3) is 0 Å². The molecule has 0 fully saturated rings. The maximum absolute atomic E-state index is 5.90. The molecule has 0 saturated carbocycles. The summed E-state index contributed by atoms with van der Waals surface area (Å²) in [4.78, 5) is 8.58.